The Bertz CT molecular complexity index is 338. The maximum absolute atomic E-state index is 11.6. The van der Waals surface area contributed by atoms with Crippen molar-refractivity contribution in [2.24, 2.45) is 0 Å². The topological polar surface area (TPSA) is 39.2 Å². The van der Waals surface area contributed by atoms with E-state index in [1.165, 1.54) is 44.7 Å². The molecule has 106 valence electrons. The Labute approximate surface area is 116 Å². The number of ether oxygens (including phenoxy) is 1. The standard InChI is InChI=1S/C16H25NO2/c1-2-3-4-5-6-7-8-9-13-19-16(18)15-11-10-12-17-14-15/h10-12,14H,2-9,13H2,1H3. The highest BCUT2D eigenvalue weighted by atomic mass is 16.5. The summed E-state index contributed by atoms with van der Waals surface area (Å²) < 4.78 is 5.19. The number of hydrogen-bond acceptors (Lipinski definition) is 3. The molecule has 1 aromatic heterocycles. The number of pyridine rings is 1. The van der Waals surface area contributed by atoms with Gasteiger partial charge in [-0.3, -0.25) is 4.98 Å². The van der Waals surface area contributed by atoms with Crippen molar-refractivity contribution < 1.29 is 9.53 Å². The number of aromatic nitrogens is 1. The lowest BCUT2D eigenvalue weighted by atomic mass is 10.1. The number of rotatable bonds is 10. The van der Waals surface area contributed by atoms with Crippen LogP contribution >= 0.6 is 0 Å². The van der Waals surface area contributed by atoms with E-state index in [-0.39, 0.29) is 5.97 Å². The summed E-state index contributed by atoms with van der Waals surface area (Å²) in [4.78, 5) is 15.5. The summed E-state index contributed by atoms with van der Waals surface area (Å²) in [7, 11) is 0. The number of carbonyl (C=O) groups is 1. The molecular weight excluding hydrogens is 238 g/mol. The summed E-state index contributed by atoms with van der Waals surface area (Å²) >= 11 is 0. The van der Waals surface area contributed by atoms with E-state index in [0.717, 1.165) is 12.8 Å². The molecule has 0 aliphatic rings. The van der Waals surface area contributed by atoms with Gasteiger partial charge in [-0.05, 0) is 18.6 Å². The molecule has 0 radical (unpaired) electrons. The number of unbranched alkanes of at least 4 members (excludes halogenated alkanes) is 7. The van der Waals surface area contributed by atoms with Crippen LogP contribution in [0, 0.1) is 0 Å². The first-order chi connectivity index (χ1) is 9.34. The van der Waals surface area contributed by atoms with Crippen molar-refractivity contribution in [1.82, 2.24) is 4.98 Å². The van der Waals surface area contributed by atoms with Crippen molar-refractivity contribution in [1.29, 1.82) is 0 Å². The minimum atomic E-state index is -0.268. The van der Waals surface area contributed by atoms with E-state index >= 15 is 0 Å². The third-order valence-corrected chi connectivity index (χ3v) is 3.13. The van der Waals surface area contributed by atoms with Gasteiger partial charge in [0.25, 0.3) is 0 Å². The van der Waals surface area contributed by atoms with Gasteiger partial charge >= 0.3 is 5.97 Å². The summed E-state index contributed by atoms with van der Waals surface area (Å²) in [6.45, 7) is 2.75. The van der Waals surface area contributed by atoms with Crippen LogP contribution in [0.25, 0.3) is 0 Å². The van der Waals surface area contributed by atoms with Crippen LogP contribution in [0.15, 0.2) is 24.5 Å². The van der Waals surface area contributed by atoms with Crippen molar-refractivity contribution in [2.45, 2.75) is 58.3 Å². The van der Waals surface area contributed by atoms with E-state index in [2.05, 4.69) is 11.9 Å². The molecule has 0 bridgehead atoms. The van der Waals surface area contributed by atoms with Crippen molar-refractivity contribution in [3.63, 3.8) is 0 Å². The Morgan fingerprint density at radius 2 is 1.79 bits per heavy atom. The maximum atomic E-state index is 11.6. The largest absolute Gasteiger partial charge is 0.462 e. The molecule has 0 spiro atoms. The number of carbonyl (C=O) groups excluding carboxylic acids is 1. The summed E-state index contributed by atoms with van der Waals surface area (Å²) in [6.07, 6.45) is 13.2. The van der Waals surface area contributed by atoms with Gasteiger partial charge in [-0.2, -0.15) is 0 Å². The van der Waals surface area contributed by atoms with Crippen LogP contribution < -0.4 is 0 Å². The molecule has 1 heterocycles. The zero-order valence-electron chi connectivity index (χ0n) is 11.9. The Balaban J connectivity index is 1.95. The number of nitrogens with zero attached hydrogens (tertiary/aromatic N) is 1. The fraction of sp³-hybridized carbons (Fsp3) is 0.625. The average molecular weight is 263 g/mol. The molecule has 0 atom stereocenters. The van der Waals surface area contributed by atoms with Gasteiger partial charge in [0.2, 0.25) is 0 Å². The molecule has 19 heavy (non-hydrogen) atoms. The third-order valence-electron chi connectivity index (χ3n) is 3.13. The highest BCUT2D eigenvalue weighted by Crippen LogP contribution is 2.08. The van der Waals surface area contributed by atoms with Gasteiger partial charge in [-0.25, -0.2) is 4.79 Å². The SMILES string of the molecule is CCCCCCCCCCOC(=O)c1cccnc1. The molecule has 1 aromatic rings. The van der Waals surface area contributed by atoms with Gasteiger partial charge in [0.1, 0.15) is 0 Å². The highest BCUT2D eigenvalue weighted by Gasteiger charge is 2.05. The van der Waals surface area contributed by atoms with Gasteiger partial charge in [-0.15, -0.1) is 0 Å². The second-order valence-electron chi connectivity index (χ2n) is 4.85. The van der Waals surface area contributed by atoms with Gasteiger partial charge < -0.3 is 4.74 Å². The Morgan fingerprint density at radius 1 is 1.11 bits per heavy atom. The van der Waals surface area contributed by atoms with Gasteiger partial charge in [-0.1, -0.05) is 51.9 Å². The quantitative estimate of drug-likeness (QED) is 0.464. The zero-order valence-corrected chi connectivity index (χ0v) is 11.9. The normalized spacial score (nSPS) is 10.4. The maximum Gasteiger partial charge on any atom is 0.339 e. The summed E-state index contributed by atoms with van der Waals surface area (Å²) in [5, 5.41) is 0. The van der Waals surface area contributed by atoms with Crippen molar-refractivity contribution in [2.75, 3.05) is 6.61 Å². The molecule has 0 saturated carbocycles. The fourth-order valence-electron chi connectivity index (χ4n) is 1.97. The van der Waals surface area contributed by atoms with Crippen molar-refractivity contribution >= 4 is 5.97 Å². The van der Waals surface area contributed by atoms with Crippen LogP contribution in [0.1, 0.15) is 68.6 Å². The van der Waals surface area contributed by atoms with E-state index in [4.69, 9.17) is 4.74 Å². The van der Waals surface area contributed by atoms with Crippen LogP contribution in [0.2, 0.25) is 0 Å². The molecule has 3 heteroatoms. The van der Waals surface area contributed by atoms with Crippen LogP contribution in [0.5, 0.6) is 0 Å². The Morgan fingerprint density at radius 3 is 2.42 bits per heavy atom. The predicted octanol–water partition coefficient (Wildman–Crippen LogP) is 4.38. The van der Waals surface area contributed by atoms with Crippen LogP contribution in [-0.2, 0) is 4.74 Å². The lowest BCUT2D eigenvalue weighted by Gasteiger charge is -2.04. The summed E-state index contributed by atoms with van der Waals surface area (Å²) in [6, 6.07) is 3.47. The molecule has 0 aliphatic heterocycles. The fourth-order valence-corrected chi connectivity index (χ4v) is 1.97. The lowest BCUT2D eigenvalue weighted by Crippen LogP contribution is -2.06. The van der Waals surface area contributed by atoms with Crippen molar-refractivity contribution in [3.8, 4) is 0 Å². The molecule has 1 rings (SSSR count). The first-order valence-corrected chi connectivity index (χ1v) is 7.41. The third kappa shape index (κ3) is 7.60. The molecule has 0 N–H and O–H groups in total. The van der Waals surface area contributed by atoms with E-state index < -0.39 is 0 Å². The first-order valence-electron chi connectivity index (χ1n) is 7.41. The molecule has 0 fully saturated rings. The van der Waals surface area contributed by atoms with E-state index in [0.29, 0.717) is 12.2 Å². The Hall–Kier alpha value is -1.38. The average Bonchev–Trinajstić information content (AvgIpc) is 2.46. The molecule has 0 saturated heterocycles. The minimum absolute atomic E-state index is 0.268. The summed E-state index contributed by atoms with van der Waals surface area (Å²) in [5.41, 5.74) is 0.530. The van der Waals surface area contributed by atoms with Gasteiger partial charge in [0.15, 0.2) is 0 Å². The molecule has 0 unspecified atom stereocenters. The van der Waals surface area contributed by atoms with E-state index in [1.54, 1.807) is 18.3 Å². The molecule has 0 amide bonds. The highest BCUT2D eigenvalue weighted by molar-refractivity contribution is 5.88. The molecule has 0 aliphatic carbocycles. The van der Waals surface area contributed by atoms with E-state index in [9.17, 15) is 4.79 Å². The second kappa shape index (κ2) is 10.5. The minimum Gasteiger partial charge on any atom is -0.462 e. The lowest BCUT2D eigenvalue weighted by molar-refractivity contribution is 0.0497. The van der Waals surface area contributed by atoms with Crippen LogP contribution in [0.4, 0.5) is 0 Å². The summed E-state index contributed by atoms with van der Waals surface area (Å²) in [5.74, 6) is -0.268. The number of esters is 1. The van der Waals surface area contributed by atoms with Crippen LogP contribution in [-0.4, -0.2) is 17.6 Å². The molecular formula is C16H25NO2. The Kier molecular flexibility index (Phi) is 8.69. The smallest absolute Gasteiger partial charge is 0.339 e. The second-order valence-corrected chi connectivity index (χ2v) is 4.85. The monoisotopic (exact) mass is 263 g/mol. The molecule has 0 aromatic carbocycles. The van der Waals surface area contributed by atoms with Crippen molar-refractivity contribution in [3.05, 3.63) is 30.1 Å². The van der Waals surface area contributed by atoms with E-state index in [1.807, 2.05) is 0 Å². The van der Waals surface area contributed by atoms with Gasteiger partial charge in [0.05, 0.1) is 12.2 Å². The predicted molar refractivity (Wildman–Crippen MR) is 77.1 cm³/mol. The van der Waals surface area contributed by atoms with Crippen LogP contribution in [0.3, 0.4) is 0 Å². The molecule has 3 nitrogen and oxygen atoms in total. The first kappa shape index (κ1) is 15.7. The zero-order chi connectivity index (χ0) is 13.8. The number of hydrogen-bond donors (Lipinski definition) is 0. The van der Waals surface area contributed by atoms with Gasteiger partial charge in [0, 0.05) is 12.4 Å².